The standard InChI is InChI=1S/C11H17NS2/c1-9(2)8-10(3)13-14-11-6-4-5-7-12-11/h4-7,9-10H,8H2,1-3H3. The van der Waals surface area contributed by atoms with Gasteiger partial charge in [0.15, 0.2) is 0 Å². The summed E-state index contributed by atoms with van der Waals surface area (Å²) in [6, 6.07) is 6.04. The van der Waals surface area contributed by atoms with Gasteiger partial charge < -0.3 is 0 Å². The molecular formula is C11H17NS2. The summed E-state index contributed by atoms with van der Waals surface area (Å²) in [6.45, 7) is 6.81. The van der Waals surface area contributed by atoms with E-state index in [1.54, 1.807) is 10.8 Å². The highest BCUT2D eigenvalue weighted by Gasteiger charge is 2.06. The monoisotopic (exact) mass is 227 g/mol. The molecule has 0 N–H and O–H groups in total. The van der Waals surface area contributed by atoms with E-state index >= 15 is 0 Å². The van der Waals surface area contributed by atoms with Crippen molar-refractivity contribution in [2.75, 3.05) is 0 Å². The average Bonchev–Trinajstić information content (AvgIpc) is 2.15. The SMILES string of the molecule is CC(C)CC(C)SSc1ccccn1. The van der Waals surface area contributed by atoms with Crippen LogP contribution in [-0.2, 0) is 0 Å². The molecule has 1 atom stereocenters. The molecule has 0 saturated carbocycles. The van der Waals surface area contributed by atoms with Crippen molar-refractivity contribution in [2.24, 2.45) is 5.92 Å². The minimum Gasteiger partial charge on any atom is -0.249 e. The molecule has 0 aromatic carbocycles. The van der Waals surface area contributed by atoms with E-state index in [1.165, 1.54) is 6.42 Å². The van der Waals surface area contributed by atoms with Crippen LogP contribution >= 0.6 is 21.6 Å². The molecule has 14 heavy (non-hydrogen) atoms. The van der Waals surface area contributed by atoms with Gasteiger partial charge in [-0.25, -0.2) is 4.98 Å². The van der Waals surface area contributed by atoms with Crippen LogP contribution in [0.4, 0.5) is 0 Å². The van der Waals surface area contributed by atoms with E-state index in [0.29, 0.717) is 5.25 Å². The third-order valence-corrected chi connectivity index (χ3v) is 4.55. The maximum Gasteiger partial charge on any atom is 0.106 e. The predicted molar refractivity (Wildman–Crippen MR) is 66.6 cm³/mol. The van der Waals surface area contributed by atoms with E-state index in [2.05, 4.69) is 31.8 Å². The Morgan fingerprint density at radius 2 is 2.07 bits per heavy atom. The molecule has 3 heteroatoms. The van der Waals surface area contributed by atoms with Crippen molar-refractivity contribution in [3.8, 4) is 0 Å². The van der Waals surface area contributed by atoms with Crippen molar-refractivity contribution < 1.29 is 0 Å². The Kier molecular flexibility index (Phi) is 5.41. The van der Waals surface area contributed by atoms with E-state index in [1.807, 2.05) is 29.1 Å². The summed E-state index contributed by atoms with van der Waals surface area (Å²) in [5.74, 6) is 0.779. The zero-order chi connectivity index (χ0) is 10.4. The molecule has 0 radical (unpaired) electrons. The molecule has 1 rings (SSSR count). The van der Waals surface area contributed by atoms with Crippen LogP contribution < -0.4 is 0 Å². The zero-order valence-corrected chi connectivity index (χ0v) is 10.6. The smallest absolute Gasteiger partial charge is 0.106 e. The van der Waals surface area contributed by atoms with Crippen LogP contribution in [0.25, 0.3) is 0 Å². The number of nitrogens with zero attached hydrogens (tertiary/aromatic N) is 1. The molecule has 0 bridgehead atoms. The van der Waals surface area contributed by atoms with Crippen LogP contribution in [0.2, 0.25) is 0 Å². The van der Waals surface area contributed by atoms with Crippen LogP contribution in [0.1, 0.15) is 27.2 Å². The van der Waals surface area contributed by atoms with Crippen molar-refractivity contribution >= 4 is 21.6 Å². The van der Waals surface area contributed by atoms with Gasteiger partial charge in [0, 0.05) is 11.4 Å². The van der Waals surface area contributed by atoms with E-state index in [-0.39, 0.29) is 0 Å². The second-order valence-corrected chi connectivity index (χ2v) is 6.45. The van der Waals surface area contributed by atoms with Crippen molar-refractivity contribution in [3.63, 3.8) is 0 Å². The summed E-state index contributed by atoms with van der Waals surface area (Å²) in [6.07, 6.45) is 3.11. The van der Waals surface area contributed by atoms with Crippen molar-refractivity contribution in [1.82, 2.24) is 4.98 Å². The molecular weight excluding hydrogens is 210 g/mol. The maximum absolute atomic E-state index is 4.27. The molecule has 78 valence electrons. The van der Waals surface area contributed by atoms with Gasteiger partial charge in [-0.2, -0.15) is 0 Å². The first-order valence-electron chi connectivity index (χ1n) is 4.93. The first-order chi connectivity index (χ1) is 6.68. The van der Waals surface area contributed by atoms with Crippen LogP contribution in [-0.4, -0.2) is 10.2 Å². The number of aromatic nitrogens is 1. The molecule has 0 saturated heterocycles. The van der Waals surface area contributed by atoms with E-state index in [0.717, 1.165) is 10.9 Å². The molecule has 1 aromatic heterocycles. The third-order valence-electron chi connectivity index (χ3n) is 1.74. The summed E-state index contributed by atoms with van der Waals surface area (Å²) in [4.78, 5) is 4.27. The Bertz CT molecular complexity index is 249. The molecule has 0 aliphatic carbocycles. The maximum atomic E-state index is 4.27. The second kappa shape index (κ2) is 6.36. The van der Waals surface area contributed by atoms with Gasteiger partial charge in [-0.05, 0) is 35.3 Å². The lowest BCUT2D eigenvalue weighted by atomic mass is 10.1. The van der Waals surface area contributed by atoms with Crippen molar-refractivity contribution in [3.05, 3.63) is 24.4 Å². The minimum absolute atomic E-state index is 0.696. The van der Waals surface area contributed by atoms with Crippen molar-refractivity contribution in [2.45, 2.75) is 37.5 Å². The van der Waals surface area contributed by atoms with E-state index in [4.69, 9.17) is 0 Å². The number of pyridine rings is 1. The Morgan fingerprint density at radius 1 is 1.29 bits per heavy atom. The van der Waals surface area contributed by atoms with Gasteiger partial charge >= 0.3 is 0 Å². The molecule has 0 amide bonds. The average molecular weight is 227 g/mol. The van der Waals surface area contributed by atoms with Gasteiger partial charge in [-0.15, -0.1) is 0 Å². The fraction of sp³-hybridized carbons (Fsp3) is 0.545. The number of rotatable bonds is 5. The second-order valence-electron chi connectivity index (χ2n) is 3.79. The molecule has 1 heterocycles. The van der Waals surface area contributed by atoms with E-state index in [9.17, 15) is 0 Å². The van der Waals surface area contributed by atoms with Crippen LogP contribution in [0, 0.1) is 5.92 Å². The van der Waals surface area contributed by atoms with Crippen LogP contribution in [0.5, 0.6) is 0 Å². The normalized spacial score (nSPS) is 13.1. The Hall–Kier alpha value is -0.150. The molecule has 0 spiro atoms. The lowest BCUT2D eigenvalue weighted by Gasteiger charge is -2.11. The Labute approximate surface area is 94.5 Å². The first kappa shape index (κ1) is 11.9. The minimum atomic E-state index is 0.696. The summed E-state index contributed by atoms with van der Waals surface area (Å²) >= 11 is 0. The fourth-order valence-electron chi connectivity index (χ4n) is 1.23. The summed E-state index contributed by atoms with van der Waals surface area (Å²) in [5.41, 5.74) is 0. The molecule has 1 aromatic rings. The largest absolute Gasteiger partial charge is 0.249 e. The highest BCUT2D eigenvalue weighted by molar-refractivity contribution is 8.76. The molecule has 0 aliphatic rings. The highest BCUT2D eigenvalue weighted by atomic mass is 33.1. The topological polar surface area (TPSA) is 12.9 Å². The van der Waals surface area contributed by atoms with Gasteiger partial charge in [0.25, 0.3) is 0 Å². The molecule has 0 aliphatic heterocycles. The summed E-state index contributed by atoms with van der Waals surface area (Å²) < 4.78 is 0. The van der Waals surface area contributed by atoms with Gasteiger partial charge in [0.1, 0.15) is 5.03 Å². The summed E-state index contributed by atoms with van der Waals surface area (Å²) in [7, 11) is 3.69. The molecule has 1 unspecified atom stereocenters. The first-order valence-corrected chi connectivity index (χ1v) is 7.14. The van der Waals surface area contributed by atoms with Crippen molar-refractivity contribution in [1.29, 1.82) is 0 Å². The summed E-state index contributed by atoms with van der Waals surface area (Å²) in [5, 5.41) is 1.80. The van der Waals surface area contributed by atoms with Crippen LogP contribution in [0.15, 0.2) is 29.4 Å². The zero-order valence-electron chi connectivity index (χ0n) is 8.93. The molecule has 1 nitrogen and oxygen atoms in total. The quantitative estimate of drug-likeness (QED) is 0.698. The lowest BCUT2D eigenvalue weighted by Crippen LogP contribution is -1.99. The number of hydrogen-bond donors (Lipinski definition) is 0. The molecule has 0 fully saturated rings. The van der Waals surface area contributed by atoms with Gasteiger partial charge in [-0.1, -0.05) is 37.6 Å². The Morgan fingerprint density at radius 3 is 2.64 bits per heavy atom. The Balaban J connectivity index is 2.27. The lowest BCUT2D eigenvalue weighted by molar-refractivity contribution is 0.586. The van der Waals surface area contributed by atoms with E-state index < -0.39 is 0 Å². The number of hydrogen-bond acceptors (Lipinski definition) is 3. The third kappa shape index (κ3) is 4.91. The predicted octanol–water partition coefficient (Wildman–Crippen LogP) is 4.26. The van der Waals surface area contributed by atoms with Gasteiger partial charge in [-0.3, -0.25) is 0 Å². The van der Waals surface area contributed by atoms with Gasteiger partial charge in [0.05, 0.1) is 0 Å². The highest BCUT2D eigenvalue weighted by Crippen LogP contribution is 2.35. The van der Waals surface area contributed by atoms with Gasteiger partial charge in [0.2, 0.25) is 0 Å². The fourth-order valence-corrected chi connectivity index (χ4v) is 3.52. The van der Waals surface area contributed by atoms with Crippen LogP contribution in [0.3, 0.4) is 0 Å².